The lowest BCUT2D eigenvalue weighted by molar-refractivity contribution is 0.964. The Morgan fingerprint density at radius 1 is 0.438 bits per heavy atom. The monoisotopic (exact) mass is 568 g/mol. The van der Waals surface area contributed by atoms with Gasteiger partial charge in [-0.25, -0.2) is 0 Å². The number of nitrogens with zero attached hydrogens (tertiary/aromatic N) is 2. The van der Waals surface area contributed by atoms with Crippen LogP contribution < -0.4 is 81.9 Å². The number of hydrogen-bond donors (Lipinski definition) is 0. The van der Waals surface area contributed by atoms with Crippen LogP contribution in [0.4, 0.5) is 0 Å². The summed E-state index contributed by atoms with van der Waals surface area (Å²) in [4.78, 5) is 0. The molecule has 0 spiro atoms. The molecule has 0 fully saturated rings. The molecule has 1 atom stereocenters. The maximum absolute atomic E-state index is 7.05. The van der Waals surface area contributed by atoms with Gasteiger partial charge in [-0.1, -0.05) is 54.7 Å². The van der Waals surface area contributed by atoms with E-state index < -0.39 is 12.5 Å². The molecule has 4 heterocycles. The van der Waals surface area contributed by atoms with E-state index in [4.69, 9.17) is 118 Å². The number of benzene rings is 4. The molecule has 1 aliphatic carbocycles. The van der Waals surface area contributed by atoms with Gasteiger partial charge in [0.05, 0.1) is 0 Å². The summed E-state index contributed by atoms with van der Waals surface area (Å²) in [5.41, 5.74) is 8.70. The molecule has 2 aromatic heterocycles. The van der Waals surface area contributed by atoms with Crippen LogP contribution in [0.1, 0.15) is 22.6 Å². The van der Waals surface area contributed by atoms with E-state index in [1.165, 1.54) is 0 Å². The number of hydrogen-bond acceptors (Lipinski definition) is 0. The van der Waals surface area contributed by atoms with Crippen molar-refractivity contribution in [1.29, 1.82) is 0 Å². The lowest BCUT2D eigenvalue weighted by atomic mass is 9.27. The molecule has 0 N–H and O–H groups in total. The highest BCUT2D eigenvalue weighted by molar-refractivity contribution is 6.96. The smallest absolute Gasteiger partial charge is 0.228 e. The van der Waals surface area contributed by atoms with Crippen molar-refractivity contribution in [3.8, 4) is 11.4 Å². The van der Waals surface area contributed by atoms with Crippen LogP contribution >= 0.6 is 0 Å². The summed E-state index contributed by atoms with van der Waals surface area (Å²) < 4.78 is 3.78. The minimum Gasteiger partial charge on any atom is -0.315 e. The fourth-order valence-electron chi connectivity index (χ4n) is 8.66. The second kappa shape index (κ2) is 9.41. The van der Waals surface area contributed by atoms with Gasteiger partial charge in [0.1, 0.15) is 118 Å². The number of fused-ring (bicyclic) bond motifs is 10. The third kappa shape index (κ3) is 3.08. The van der Waals surface area contributed by atoms with Crippen LogP contribution in [0.15, 0.2) is 5.47 Å². The van der Waals surface area contributed by atoms with Crippen LogP contribution in [0.3, 0.4) is 0 Å². The molecule has 0 bridgehead atoms. The summed E-state index contributed by atoms with van der Waals surface area (Å²) in [6.07, 6.45) is 0. The van der Waals surface area contributed by atoms with Crippen LogP contribution in [-0.4, -0.2) is 134 Å². The summed E-state index contributed by atoms with van der Waals surface area (Å²) in [6, 6.07) is 0. The minimum absolute atomic E-state index is 0.0947. The molecule has 30 radical (unpaired) electrons. The van der Waals surface area contributed by atoms with E-state index in [1.54, 1.807) is 0 Å². The maximum Gasteiger partial charge on any atom is 0.228 e. The first-order valence-electron chi connectivity index (χ1n) is 14.9. The number of allylic oxidation sites excluding steroid dienone is 1. The third-order valence-corrected chi connectivity index (χ3v) is 11.0. The van der Waals surface area contributed by atoms with E-state index >= 15 is 0 Å². The Morgan fingerprint density at radius 3 is 1.44 bits per heavy atom. The Labute approximate surface area is 298 Å². The van der Waals surface area contributed by atoms with Crippen molar-refractivity contribution in [3.05, 3.63) is 22.3 Å². The van der Waals surface area contributed by atoms with Gasteiger partial charge in [0.2, 0.25) is 6.71 Å². The molecule has 1 unspecified atom stereocenters. The average molecular weight is 565 g/mol. The molecule has 18 heteroatoms. The number of aromatic nitrogens is 2. The van der Waals surface area contributed by atoms with Gasteiger partial charge in [0.15, 0.2) is 0 Å². The molecule has 4 aromatic carbocycles. The van der Waals surface area contributed by atoms with Gasteiger partial charge < -0.3 is 9.13 Å². The van der Waals surface area contributed by atoms with Gasteiger partial charge in [-0.2, -0.15) is 0 Å². The predicted octanol–water partition coefficient (Wildman–Crippen LogP) is -11.1. The van der Waals surface area contributed by atoms with Gasteiger partial charge in [-0.05, 0) is 39.9 Å². The van der Waals surface area contributed by atoms with Crippen molar-refractivity contribution < 1.29 is 0 Å². The zero-order valence-corrected chi connectivity index (χ0v) is 25.7. The molecular formula is C30H4B16N2. The zero-order valence-electron chi connectivity index (χ0n) is 25.7. The van der Waals surface area contributed by atoms with Crippen molar-refractivity contribution in [2.45, 2.75) is 12.7 Å². The van der Waals surface area contributed by atoms with Gasteiger partial charge in [-0.15, -0.1) is 38.2 Å². The topological polar surface area (TPSA) is 9.86 Å². The molecule has 48 heavy (non-hydrogen) atoms. The van der Waals surface area contributed by atoms with Crippen LogP contribution in [0.25, 0.3) is 49.6 Å². The first kappa shape index (κ1) is 31.0. The highest BCUT2D eigenvalue weighted by Crippen LogP contribution is 2.49. The number of rotatable bonds is 0. The van der Waals surface area contributed by atoms with Gasteiger partial charge >= 0.3 is 0 Å². The van der Waals surface area contributed by atoms with E-state index in [2.05, 4.69) is 0 Å². The van der Waals surface area contributed by atoms with Crippen molar-refractivity contribution in [1.82, 2.24) is 9.13 Å². The van der Waals surface area contributed by atoms with Crippen molar-refractivity contribution >= 4 is 245 Å². The summed E-state index contributed by atoms with van der Waals surface area (Å²) in [5, 5.41) is 1.43. The van der Waals surface area contributed by atoms with Crippen LogP contribution in [0.5, 0.6) is 0 Å². The maximum atomic E-state index is 7.05. The van der Waals surface area contributed by atoms with Crippen molar-refractivity contribution in [2.75, 3.05) is 0 Å². The molecule has 9 rings (SSSR count). The second-order valence-corrected chi connectivity index (χ2v) is 13.0. The quantitative estimate of drug-likeness (QED) is 0.162. The average Bonchev–Trinajstić information content (AvgIpc) is 3.68. The highest BCUT2D eigenvalue weighted by Gasteiger charge is 2.51. The SMILES string of the molecule is [B]C1=C([B])C2B3c4c(c([B])c(C)c([B])c4-n4c5c([B])c([B])c([B])c([B])c5c5c([B])c([B])c([B])c3c54)-n3c2c1c1c([B])c([B])c([B])c([B])c13. The Balaban J connectivity index is 1.65. The van der Waals surface area contributed by atoms with Crippen molar-refractivity contribution in [2.24, 2.45) is 0 Å². The molecule has 0 saturated heterocycles. The van der Waals surface area contributed by atoms with E-state index in [0.29, 0.717) is 93.7 Å². The Morgan fingerprint density at radius 2 is 0.875 bits per heavy atom. The predicted molar refractivity (Wildman–Crippen MR) is 219 cm³/mol. The van der Waals surface area contributed by atoms with Crippen molar-refractivity contribution in [3.63, 3.8) is 0 Å². The van der Waals surface area contributed by atoms with E-state index in [0.717, 1.165) is 0 Å². The molecule has 0 saturated carbocycles. The largest absolute Gasteiger partial charge is 0.315 e. The van der Waals surface area contributed by atoms with Gasteiger partial charge in [-0.3, -0.25) is 0 Å². The summed E-state index contributed by atoms with van der Waals surface area (Å²) >= 11 is 0. The molecule has 2 nitrogen and oxygen atoms in total. The zero-order chi connectivity index (χ0) is 34.5. The lowest BCUT2D eigenvalue weighted by Crippen LogP contribution is -2.66. The molecule has 6 aromatic rings. The lowest BCUT2D eigenvalue weighted by Gasteiger charge is -2.42. The molecule has 0 amide bonds. The summed E-state index contributed by atoms with van der Waals surface area (Å²) in [7, 11) is 101. The van der Waals surface area contributed by atoms with E-state index in [-0.39, 0.29) is 60.1 Å². The molecular weight excluding hydrogens is 561 g/mol. The Kier molecular flexibility index (Phi) is 6.08. The standard InChI is InChI=1S/C30H4B16N2/c1-2-7(31)29-24-30(8(2)32)48-26-4(10(34)14(38)17(41)21(26)45)6-12(36)18(42)22(28(6)48)46(24)23-19(43)15(39)11(35)5-3-9(33)13(37)16(40)20(44)25(3)47(29)27(5)23/h22H,1H3. The third-order valence-electron chi connectivity index (χ3n) is 11.0. The Bertz CT molecular complexity index is 2700. The Hall–Kier alpha value is -3.00. The summed E-state index contributed by atoms with van der Waals surface area (Å²) in [5.74, 6) is -0.633. The van der Waals surface area contributed by atoms with E-state index in [9.17, 15) is 0 Å². The fraction of sp³-hybridized carbons (Fsp3) is 0.0667. The first-order chi connectivity index (χ1) is 22.6. The van der Waals surface area contributed by atoms with Crippen LogP contribution in [0, 0.1) is 6.92 Å². The highest BCUT2D eigenvalue weighted by atomic mass is 15.1. The van der Waals surface area contributed by atoms with Gasteiger partial charge in [0.25, 0.3) is 0 Å². The van der Waals surface area contributed by atoms with Crippen LogP contribution in [0.2, 0.25) is 0 Å². The van der Waals surface area contributed by atoms with Gasteiger partial charge in [0, 0.05) is 33.6 Å². The molecule has 3 aliphatic rings. The molecule has 182 valence electrons. The summed E-state index contributed by atoms with van der Waals surface area (Å²) in [6.45, 7) is 1.17. The minimum atomic E-state index is -0.645. The van der Waals surface area contributed by atoms with Crippen LogP contribution in [-0.2, 0) is 0 Å². The second-order valence-electron chi connectivity index (χ2n) is 13.0. The first-order valence-corrected chi connectivity index (χ1v) is 14.9. The fourth-order valence-corrected chi connectivity index (χ4v) is 8.66. The van der Waals surface area contributed by atoms with E-state index in [1.807, 2.05) is 16.1 Å². The normalized spacial score (nSPS) is 15.7. The molecule has 2 aliphatic heterocycles.